The van der Waals surface area contributed by atoms with Gasteiger partial charge in [0, 0.05) is 23.1 Å². The van der Waals surface area contributed by atoms with E-state index in [1.807, 2.05) is 0 Å². The first kappa shape index (κ1) is 23.0. The highest BCUT2D eigenvalue weighted by atomic mass is 16.6. The molecule has 3 aromatic carbocycles. The van der Waals surface area contributed by atoms with Crippen LogP contribution in [0.25, 0.3) is 10.8 Å². The van der Waals surface area contributed by atoms with Crippen molar-refractivity contribution in [3.8, 4) is 0 Å². The zero-order valence-electron chi connectivity index (χ0n) is 18.0. The van der Waals surface area contributed by atoms with Gasteiger partial charge in [0.25, 0.3) is 23.1 Å². The summed E-state index contributed by atoms with van der Waals surface area (Å²) in [6.45, 7) is 0. The standard InChI is InChI=1S/C24H18N6O5/c31-22(16-6-2-1-3-7-16)26-21(20-18-8-4-5-9-19(18)23(32)29-27-20)24(33)28-25-14-15-10-12-17(13-11-15)30(34)35/h1-14,21H,(H,26,31)(H,28,33)(H,29,32)/t21-/m0/s1. The number of nitrogens with one attached hydrogen (secondary N) is 3. The van der Waals surface area contributed by atoms with Crippen LogP contribution in [0, 0.1) is 10.1 Å². The third-order valence-corrected chi connectivity index (χ3v) is 5.06. The average molecular weight is 470 g/mol. The highest BCUT2D eigenvalue weighted by molar-refractivity contribution is 5.99. The molecule has 4 aromatic rings. The lowest BCUT2D eigenvalue weighted by Gasteiger charge is -2.18. The van der Waals surface area contributed by atoms with Crippen molar-refractivity contribution in [1.29, 1.82) is 0 Å². The van der Waals surface area contributed by atoms with E-state index >= 15 is 0 Å². The molecule has 0 aliphatic carbocycles. The molecule has 1 atom stereocenters. The first-order valence-electron chi connectivity index (χ1n) is 10.3. The van der Waals surface area contributed by atoms with Crippen LogP contribution >= 0.6 is 0 Å². The lowest BCUT2D eigenvalue weighted by molar-refractivity contribution is -0.384. The number of nitro benzene ring substituents is 1. The number of carbonyl (C=O) groups excluding carboxylic acids is 2. The molecular weight excluding hydrogens is 452 g/mol. The summed E-state index contributed by atoms with van der Waals surface area (Å²) in [5.41, 5.74) is 2.81. The van der Waals surface area contributed by atoms with Gasteiger partial charge in [-0.1, -0.05) is 36.4 Å². The molecule has 11 nitrogen and oxygen atoms in total. The first-order chi connectivity index (χ1) is 16.9. The SMILES string of the molecule is O=C(N[C@H](C(=O)NN=Cc1ccc([N+](=O)[O-])cc1)c1n[nH]c(=O)c2ccccc12)c1ccccc1. The van der Waals surface area contributed by atoms with Crippen molar-refractivity contribution in [2.24, 2.45) is 5.10 Å². The summed E-state index contributed by atoms with van der Waals surface area (Å²) in [7, 11) is 0. The molecular formula is C24H18N6O5. The number of nitro groups is 1. The summed E-state index contributed by atoms with van der Waals surface area (Å²) in [5, 5.41) is 24.4. The fourth-order valence-corrected chi connectivity index (χ4v) is 3.34. The van der Waals surface area contributed by atoms with Crippen molar-refractivity contribution in [2.75, 3.05) is 0 Å². The monoisotopic (exact) mass is 470 g/mol. The summed E-state index contributed by atoms with van der Waals surface area (Å²) >= 11 is 0. The second-order valence-corrected chi connectivity index (χ2v) is 7.34. The van der Waals surface area contributed by atoms with E-state index in [0.717, 1.165) is 0 Å². The predicted molar refractivity (Wildman–Crippen MR) is 128 cm³/mol. The zero-order valence-corrected chi connectivity index (χ0v) is 18.0. The molecule has 35 heavy (non-hydrogen) atoms. The number of nitrogens with zero attached hydrogens (tertiary/aromatic N) is 3. The highest BCUT2D eigenvalue weighted by Crippen LogP contribution is 2.20. The number of fused-ring (bicyclic) bond motifs is 1. The molecule has 1 aromatic heterocycles. The molecule has 0 fully saturated rings. The topological polar surface area (TPSA) is 159 Å². The molecule has 0 spiro atoms. The molecule has 2 amide bonds. The Morgan fingerprint density at radius 1 is 0.971 bits per heavy atom. The van der Waals surface area contributed by atoms with Crippen molar-refractivity contribution in [2.45, 2.75) is 6.04 Å². The van der Waals surface area contributed by atoms with Crippen LogP contribution in [0.2, 0.25) is 0 Å². The van der Waals surface area contributed by atoms with Gasteiger partial charge in [0.2, 0.25) is 0 Å². The number of hydrogen-bond donors (Lipinski definition) is 3. The van der Waals surface area contributed by atoms with Crippen LogP contribution in [0.5, 0.6) is 0 Å². The van der Waals surface area contributed by atoms with E-state index in [4.69, 9.17) is 0 Å². The molecule has 0 aliphatic rings. The third kappa shape index (κ3) is 5.25. The van der Waals surface area contributed by atoms with E-state index in [1.165, 1.54) is 30.5 Å². The summed E-state index contributed by atoms with van der Waals surface area (Å²) in [6.07, 6.45) is 1.30. The minimum Gasteiger partial charge on any atom is -0.335 e. The average Bonchev–Trinajstić information content (AvgIpc) is 2.88. The number of benzene rings is 3. The van der Waals surface area contributed by atoms with E-state index in [0.29, 0.717) is 21.9 Å². The van der Waals surface area contributed by atoms with Crippen LogP contribution < -0.4 is 16.3 Å². The van der Waals surface area contributed by atoms with E-state index < -0.39 is 28.3 Å². The summed E-state index contributed by atoms with van der Waals surface area (Å²) in [5.74, 6) is -1.24. The molecule has 0 bridgehead atoms. The minimum atomic E-state index is -1.29. The molecule has 1 heterocycles. The lowest BCUT2D eigenvalue weighted by Crippen LogP contribution is -2.40. The Morgan fingerprint density at radius 2 is 1.63 bits per heavy atom. The van der Waals surface area contributed by atoms with Gasteiger partial charge < -0.3 is 5.32 Å². The smallest absolute Gasteiger partial charge is 0.272 e. The van der Waals surface area contributed by atoms with E-state index in [1.54, 1.807) is 54.6 Å². The van der Waals surface area contributed by atoms with Gasteiger partial charge in [0.05, 0.1) is 16.5 Å². The largest absolute Gasteiger partial charge is 0.335 e. The van der Waals surface area contributed by atoms with Crippen LogP contribution in [0.3, 0.4) is 0 Å². The number of non-ortho nitro benzene ring substituents is 1. The molecule has 4 rings (SSSR count). The number of rotatable bonds is 7. The van der Waals surface area contributed by atoms with Gasteiger partial charge in [0.15, 0.2) is 6.04 Å². The van der Waals surface area contributed by atoms with E-state index in [2.05, 4.69) is 26.0 Å². The number of hydrazone groups is 1. The maximum absolute atomic E-state index is 13.1. The van der Waals surface area contributed by atoms with Crippen LogP contribution in [-0.4, -0.2) is 33.1 Å². The summed E-state index contributed by atoms with van der Waals surface area (Å²) < 4.78 is 0. The predicted octanol–water partition coefficient (Wildman–Crippen LogP) is 2.45. The Labute approximate surface area is 197 Å². The summed E-state index contributed by atoms with van der Waals surface area (Å²) in [4.78, 5) is 48.4. The van der Waals surface area contributed by atoms with Crippen LogP contribution in [0.4, 0.5) is 5.69 Å². The molecule has 3 N–H and O–H groups in total. The minimum absolute atomic E-state index is 0.0779. The normalized spacial score (nSPS) is 11.8. The molecule has 0 saturated heterocycles. The maximum Gasteiger partial charge on any atom is 0.272 e. The van der Waals surface area contributed by atoms with Gasteiger partial charge in [-0.05, 0) is 35.9 Å². The lowest BCUT2D eigenvalue weighted by atomic mass is 10.0. The van der Waals surface area contributed by atoms with Gasteiger partial charge in [-0.3, -0.25) is 24.5 Å². The van der Waals surface area contributed by atoms with Gasteiger partial charge in [0.1, 0.15) is 5.69 Å². The van der Waals surface area contributed by atoms with Gasteiger partial charge in [-0.2, -0.15) is 10.2 Å². The number of aromatic nitrogens is 2. The Kier molecular flexibility index (Phi) is 6.68. The number of aromatic amines is 1. The van der Waals surface area contributed by atoms with Crippen LogP contribution in [0.1, 0.15) is 27.7 Å². The van der Waals surface area contributed by atoms with Crippen molar-refractivity contribution < 1.29 is 14.5 Å². The fourth-order valence-electron chi connectivity index (χ4n) is 3.34. The maximum atomic E-state index is 13.1. The second kappa shape index (κ2) is 10.2. The van der Waals surface area contributed by atoms with Crippen molar-refractivity contribution in [3.05, 3.63) is 116 Å². The number of hydrogen-bond acceptors (Lipinski definition) is 7. The number of amides is 2. The molecule has 0 unspecified atom stereocenters. The second-order valence-electron chi connectivity index (χ2n) is 7.34. The van der Waals surface area contributed by atoms with Crippen LogP contribution in [-0.2, 0) is 4.79 Å². The van der Waals surface area contributed by atoms with E-state index in [9.17, 15) is 24.5 Å². The Morgan fingerprint density at radius 3 is 2.31 bits per heavy atom. The third-order valence-electron chi connectivity index (χ3n) is 5.06. The zero-order chi connectivity index (χ0) is 24.8. The number of carbonyl (C=O) groups is 2. The molecule has 0 radical (unpaired) electrons. The first-order valence-corrected chi connectivity index (χ1v) is 10.3. The van der Waals surface area contributed by atoms with Crippen molar-refractivity contribution in [1.82, 2.24) is 20.9 Å². The Bertz CT molecular complexity index is 1480. The van der Waals surface area contributed by atoms with Gasteiger partial charge in [-0.25, -0.2) is 10.5 Å². The van der Waals surface area contributed by atoms with Gasteiger partial charge in [-0.15, -0.1) is 0 Å². The molecule has 0 saturated carbocycles. The van der Waals surface area contributed by atoms with Crippen LogP contribution in [0.15, 0.2) is 88.8 Å². The molecule has 11 heteroatoms. The Balaban J connectivity index is 1.63. The fraction of sp³-hybridized carbons (Fsp3) is 0.0417. The van der Waals surface area contributed by atoms with Crippen molar-refractivity contribution >= 4 is 34.5 Å². The quantitative estimate of drug-likeness (QED) is 0.214. The molecule has 174 valence electrons. The molecule has 0 aliphatic heterocycles. The summed E-state index contributed by atoms with van der Waals surface area (Å²) in [6, 6.07) is 19.2. The van der Waals surface area contributed by atoms with E-state index in [-0.39, 0.29) is 11.4 Å². The van der Waals surface area contributed by atoms with Crippen molar-refractivity contribution in [3.63, 3.8) is 0 Å². The Hall–Kier alpha value is -5.19. The number of H-pyrrole nitrogens is 1. The van der Waals surface area contributed by atoms with Gasteiger partial charge >= 0.3 is 0 Å². The highest BCUT2D eigenvalue weighted by Gasteiger charge is 2.27.